The number of carbonyl (C=O) groups is 2. The minimum absolute atomic E-state index is 0.000652. The molecule has 2 aromatic rings. The van der Waals surface area contributed by atoms with E-state index >= 15 is 0 Å². The summed E-state index contributed by atoms with van der Waals surface area (Å²) in [5.41, 5.74) is 0.217. The van der Waals surface area contributed by atoms with Gasteiger partial charge in [-0.2, -0.15) is 11.3 Å². The number of halogens is 3. The molecule has 122 valence electrons. The minimum Gasteiger partial charge on any atom is -0.452 e. The number of ether oxygens (including phenoxy) is 1. The number of carbonyl (C=O) groups excluding carboxylic acids is 2. The van der Waals surface area contributed by atoms with Gasteiger partial charge in [-0.3, -0.25) is 9.59 Å². The molecule has 1 amide bonds. The van der Waals surface area contributed by atoms with Gasteiger partial charge in [0, 0.05) is 0 Å². The molecular formula is C15H12F3NO3S. The van der Waals surface area contributed by atoms with Crippen molar-refractivity contribution in [3.8, 4) is 0 Å². The van der Waals surface area contributed by atoms with E-state index < -0.39 is 41.1 Å². The van der Waals surface area contributed by atoms with E-state index in [1.54, 1.807) is 16.8 Å². The predicted octanol–water partition coefficient (Wildman–Crippen LogP) is 3.28. The highest BCUT2D eigenvalue weighted by atomic mass is 32.1. The van der Waals surface area contributed by atoms with Crippen molar-refractivity contribution in [1.82, 2.24) is 0 Å². The van der Waals surface area contributed by atoms with Crippen LogP contribution in [0.1, 0.15) is 12.5 Å². The van der Waals surface area contributed by atoms with Gasteiger partial charge in [-0.1, -0.05) is 0 Å². The average molecular weight is 343 g/mol. The maximum absolute atomic E-state index is 13.5. The Morgan fingerprint density at radius 3 is 2.61 bits per heavy atom. The lowest BCUT2D eigenvalue weighted by Gasteiger charge is -2.14. The van der Waals surface area contributed by atoms with E-state index in [4.69, 9.17) is 4.74 Å². The van der Waals surface area contributed by atoms with E-state index in [9.17, 15) is 22.8 Å². The molecule has 0 saturated carbocycles. The van der Waals surface area contributed by atoms with Crippen molar-refractivity contribution in [1.29, 1.82) is 0 Å². The van der Waals surface area contributed by atoms with Crippen LogP contribution in [0.4, 0.5) is 18.9 Å². The van der Waals surface area contributed by atoms with Gasteiger partial charge in [-0.05, 0) is 41.4 Å². The third-order valence-electron chi connectivity index (χ3n) is 2.90. The quantitative estimate of drug-likeness (QED) is 0.670. The van der Waals surface area contributed by atoms with Gasteiger partial charge < -0.3 is 10.1 Å². The van der Waals surface area contributed by atoms with Gasteiger partial charge in [0.15, 0.2) is 23.6 Å². The van der Waals surface area contributed by atoms with Gasteiger partial charge in [0.2, 0.25) is 0 Å². The van der Waals surface area contributed by atoms with Gasteiger partial charge >= 0.3 is 5.97 Å². The number of esters is 1. The second kappa shape index (κ2) is 7.28. The molecule has 1 N–H and O–H groups in total. The first-order chi connectivity index (χ1) is 10.9. The van der Waals surface area contributed by atoms with E-state index in [-0.39, 0.29) is 6.42 Å². The highest BCUT2D eigenvalue weighted by Crippen LogP contribution is 2.20. The molecule has 0 radical (unpaired) electrons. The minimum atomic E-state index is -1.69. The third-order valence-corrected chi connectivity index (χ3v) is 3.63. The Morgan fingerprint density at radius 1 is 1.22 bits per heavy atom. The van der Waals surface area contributed by atoms with Crippen molar-refractivity contribution in [3.63, 3.8) is 0 Å². The van der Waals surface area contributed by atoms with E-state index in [0.717, 1.165) is 11.6 Å². The molecule has 0 aliphatic carbocycles. The van der Waals surface area contributed by atoms with E-state index in [0.29, 0.717) is 6.07 Å². The van der Waals surface area contributed by atoms with Crippen LogP contribution >= 0.6 is 11.3 Å². The molecule has 0 aliphatic heterocycles. The van der Waals surface area contributed by atoms with Gasteiger partial charge in [-0.25, -0.2) is 13.2 Å². The van der Waals surface area contributed by atoms with Gasteiger partial charge in [0.1, 0.15) is 0 Å². The summed E-state index contributed by atoms with van der Waals surface area (Å²) in [5, 5.41) is 5.61. The second-order valence-corrected chi connectivity index (χ2v) is 5.43. The lowest BCUT2D eigenvalue weighted by atomic mass is 10.2. The number of hydrogen-bond acceptors (Lipinski definition) is 4. The Kier molecular flexibility index (Phi) is 5.38. The smallest absolute Gasteiger partial charge is 0.311 e. The molecule has 0 saturated heterocycles. The van der Waals surface area contributed by atoms with Crippen molar-refractivity contribution in [3.05, 3.63) is 52.0 Å². The fourth-order valence-corrected chi connectivity index (χ4v) is 2.38. The summed E-state index contributed by atoms with van der Waals surface area (Å²) in [5.74, 6) is -6.05. The number of thiophene rings is 1. The summed E-state index contributed by atoms with van der Waals surface area (Å²) in [7, 11) is 0. The number of rotatable bonds is 5. The number of anilines is 1. The normalized spacial score (nSPS) is 11.8. The first-order valence-electron chi connectivity index (χ1n) is 6.53. The molecule has 2 rings (SSSR count). The third kappa shape index (κ3) is 4.32. The van der Waals surface area contributed by atoms with Gasteiger partial charge in [0.25, 0.3) is 5.91 Å². The molecule has 8 heteroatoms. The Hall–Kier alpha value is -2.35. The summed E-state index contributed by atoms with van der Waals surface area (Å²) in [6.45, 7) is 1.29. The fraction of sp³-hybridized carbons (Fsp3) is 0.200. The zero-order chi connectivity index (χ0) is 17.0. The zero-order valence-corrected chi connectivity index (χ0v) is 12.8. The summed E-state index contributed by atoms with van der Waals surface area (Å²) >= 11 is 1.42. The molecule has 4 nitrogen and oxygen atoms in total. The van der Waals surface area contributed by atoms with Crippen molar-refractivity contribution >= 4 is 28.9 Å². The zero-order valence-electron chi connectivity index (χ0n) is 11.9. The summed E-state index contributed by atoms with van der Waals surface area (Å²) in [4.78, 5) is 23.5. The lowest BCUT2D eigenvalue weighted by Crippen LogP contribution is -2.30. The maximum atomic E-state index is 13.5. The topological polar surface area (TPSA) is 55.4 Å². The van der Waals surface area contributed by atoms with Crippen LogP contribution in [0.15, 0.2) is 29.0 Å². The standard InChI is InChI=1S/C15H12F3NO3S/c1-8(22-12(20)6-9-4-5-23-7-9)15(21)19-11-3-2-10(16)13(17)14(11)18/h2-5,7-8H,6H2,1H3,(H,19,21)/t8-/m0/s1. The van der Waals surface area contributed by atoms with Crippen LogP contribution < -0.4 is 5.32 Å². The van der Waals surface area contributed by atoms with Crippen molar-refractivity contribution < 1.29 is 27.5 Å². The predicted molar refractivity (Wildman–Crippen MR) is 78.5 cm³/mol. The molecule has 0 aliphatic rings. The highest BCUT2D eigenvalue weighted by Gasteiger charge is 2.21. The SMILES string of the molecule is C[C@H](OC(=O)Cc1ccsc1)C(=O)Nc1ccc(F)c(F)c1F. The Bertz CT molecular complexity index is 719. The summed E-state index contributed by atoms with van der Waals surface area (Å²) in [6, 6.07) is 3.31. The van der Waals surface area contributed by atoms with Crippen molar-refractivity contribution in [2.24, 2.45) is 0 Å². The number of hydrogen-bond donors (Lipinski definition) is 1. The number of amides is 1. The van der Waals surface area contributed by atoms with Gasteiger partial charge in [0.05, 0.1) is 12.1 Å². The van der Waals surface area contributed by atoms with E-state index in [1.165, 1.54) is 18.3 Å². The van der Waals surface area contributed by atoms with Crippen LogP contribution in [-0.2, 0) is 20.7 Å². The molecule has 1 heterocycles. The average Bonchev–Trinajstić information content (AvgIpc) is 3.00. The number of nitrogens with one attached hydrogen (secondary N) is 1. The first-order valence-corrected chi connectivity index (χ1v) is 7.47. The summed E-state index contributed by atoms with van der Waals surface area (Å²) in [6.07, 6.45) is -1.21. The molecular weight excluding hydrogens is 331 g/mol. The van der Waals surface area contributed by atoms with Crippen LogP contribution in [0.2, 0.25) is 0 Å². The molecule has 0 fully saturated rings. The molecule has 1 atom stereocenters. The number of benzene rings is 1. The Morgan fingerprint density at radius 2 is 1.96 bits per heavy atom. The molecule has 0 spiro atoms. The van der Waals surface area contributed by atoms with Crippen LogP contribution in [0, 0.1) is 17.5 Å². The van der Waals surface area contributed by atoms with Crippen LogP contribution in [0.25, 0.3) is 0 Å². The van der Waals surface area contributed by atoms with Crippen LogP contribution in [0.3, 0.4) is 0 Å². The first kappa shape index (κ1) is 17.0. The summed E-state index contributed by atoms with van der Waals surface area (Å²) < 4.78 is 44.3. The van der Waals surface area contributed by atoms with E-state index in [1.807, 2.05) is 5.32 Å². The lowest BCUT2D eigenvalue weighted by molar-refractivity contribution is -0.152. The monoisotopic (exact) mass is 343 g/mol. The molecule has 23 heavy (non-hydrogen) atoms. The molecule has 1 aromatic carbocycles. The van der Waals surface area contributed by atoms with Crippen molar-refractivity contribution in [2.45, 2.75) is 19.4 Å². The van der Waals surface area contributed by atoms with E-state index in [2.05, 4.69) is 0 Å². The van der Waals surface area contributed by atoms with Crippen LogP contribution in [-0.4, -0.2) is 18.0 Å². The largest absolute Gasteiger partial charge is 0.452 e. The second-order valence-electron chi connectivity index (χ2n) is 4.65. The molecule has 1 aromatic heterocycles. The fourth-order valence-electron chi connectivity index (χ4n) is 1.71. The molecule has 0 unspecified atom stereocenters. The molecule has 0 bridgehead atoms. The highest BCUT2D eigenvalue weighted by molar-refractivity contribution is 7.07. The Balaban J connectivity index is 1.95. The van der Waals surface area contributed by atoms with Crippen molar-refractivity contribution in [2.75, 3.05) is 5.32 Å². The maximum Gasteiger partial charge on any atom is 0.311 e. The Labute approximate surface area is 133 Å². The van der Waals surface area contributed by atoms with Gasteiger partial charge in [-0.15, -0.1) is 0 Å². The van der Waals surface area contributed by atoms with Crippen LogP contribution in [0.5, 0.6) is 0 Å².